The van der Waals surface area contributed by atoms with E-state index in [1.165, 1.54) is 6.26 Å². The van der Waals surface area contributed by atoms with E-state index in [9.17, 15) is 8.42 Å². The molecule has 6 nitrogen and oxygen atoms in total. The summed E-state index contributed by atoms with van der Waals surface area (Å²) in [5.41, 5.74) is 2.59. The average molecular weight is 279 g/mol. The molecule has 2 aromatic rings. The predicted octanol–water partition coefficient (Wildman–Crippen LogP) is 1.12. The molecule has 2 N–H and O–H groups in total. The fourth-order valence-corrected chi connectivity index (χ4v) is 3.08. The first-order chi connectivity index (χ1) is 9.15. The van der Waals surface area contributed by atoms with Gasteiger partial charge in [-0.1, -0.05) is 5.16 Å². The smallest absolute Gasteiger partial charge is 0.240 e. The number of hydrogen-bond donors (Lipinski definition) is 2. The SMILES string of the molecule is O=S(=O)(NCc1ccon1)c1ccc2c(c1)CCN2. The Hall–Kier alpha value is -1.86. The Morgan fingerprint density at radius 1 is 1.37 bits per heavy atom. The average Bonchev–Trinajstić information content (AvgIpc) is 3.06. The first-order valence-corrected chi connectivity index (χ1v) is 7.39. The van der Waals surface area contributed by atoms with Gasteiger partial charge in [-0.3, -0.25) is 0 Å². The van der Waals surface area contributed by atoms with Crippen LogP contribution in [0.1, 0.15) is 11.3 Å². The quantitative estimate of drug-likeness (QED) is 0.876. The van der Waals surface area contributed by atoms with Crippen LogP contribution in [0.25, 0.3) is 0 Å². The maximum absolute atomic E-state index is 12.1. The summed E-state index contributed by atoms with van der Waals surface area (Å²) < 4.78 is 31.4. The molecule has 0 amide bonds. The van der Waals surface area contributed by atoms with Crippen molar-refractivity contribution >= 4 is 15.7 Å². The third-order valence-electron chi connectivity index (χ3n) is 3.03. The van der Waals surface area contributed by atoms with Crippen molar-refractivity contribution in [2.75, 3.05) is 11.9 Å². The molecule has 7 heteroatoms. The molecule has 1 aliphatic rings. The van der Waals surface area contributed by atoms with E-state index in [0.29, 0.717) is 5.69 Å². The molecule has 0 fully saturated rings. The molecule has 0 bridgehead atoms. The van der Waals surface area contributed by atoms with Gasteiger partial charge in [-0.2, -0.15) is 0 Å². The zero-order valence-corrected chi connectivity index (χ0v) is 10.9. The lowest BCUT2D eigenvalue weighted by Gasteiger charge is -2.07. The third kappa shape index (κ3) is 2.47. The molecule has 0 unspecified atom stereocenters. The Morgan fingerprint density at radius 2 is 2.26 bits per heavy atom. The molecular weight excluding hydrogens is 266 g/mol. The van der Waals surface area contributed by atoms with E-state index < -0.39 is 10.0 Å². The molecule has 0 atom stereocenters. The highest BCUT2D eigenvalue weighted by Gasteiger charge is 2.18. The van der Waals surface area contributed by atoms with Crippen molar-refractivity contribution < 1.29 is 12.9 Å². The maximum atomic E-state index is 12.1. The molecule has 3 rings (SSSR count). The van der Waals surface area contributed by atoms with Crippen molar-refractivity contribution in [3.05, 3.63) is 41.8 Å². The lowest BCUT2D eigenvalue weighted by molar-refractivity contribution is 0.411. The minimum Gasteiger partial charge on any atom is -0.384 e. The molecule has 0 spiro atoms. The predicted molar refractivity (Wildman–Crippen MR) is 69.2 cm³/mol. The Labute approximate surface area is 110 Å². The van der Waals surface area contributed by atoms with E-state index in [2.05, 4.69) is 19.7 Å². The summed E-state index contributed by atoms with van der Waals surface area (Å²) in [6.45, 7) is 0.972. The number of hydrogen-bond acceptors (Lipinski definition) is 5. The van der Waals surface area contributed by atoms with Gasteiger partial charge in [-0.15, -0.1) is 0 Å². The van der Waals surface area contributed by atoms with E-state index in [4.69, 9.17) is 0 Å². The minimum atomic E-state index is -3.52. The molecule has 0 aliphatic carbocycles. The van der Waals surface area contributed by atoms with E-state index >= 15 is 0 Å². The Bertz CT molecular complexity index is 680. The van der Waals surface area contributed by atoms with Crippen LogP contribution in [0.3, 0.4) is 0 Å². The van der Waals surface area contributed by atoms with Gasteiger partial charge in [-0.25, -0.2) is 13.1 Å². The number of benzene rings is 1. The van der Waals surface area contributed by atoms with Crippen molar-refractivity contribution in [1.29, 1.82) is 0 Å². The number of sulfonamides is 1. The highest BCUT2D eigenvalue weighted by Crippen LogP contribution is 2.24. The van der Waals surface area contributed by atoms with Crippen LogP contribution < -0.4 is 10.0 Å². The lowest BCUT2D eigenvalue weighted by atomic mass is 10.2. The van der Waals surface area contributed by atoms with Crippen molar-refractivity contribution in [2.24, 2.45) is 0 Å². The summed E-state index contributed by atoms with van der Waals surface area (Å²) in [7, 11) is -3.52. The van der Waals surface area contributed by atoms with Crippen molar-refractivity contribution in [3.8, 4) is 0 Å². The van der Waals surface area contributed by atoms with Crippen molar-refractivity contribution in [3.63, 3.8) is 0 Å². The van der Waals surface area contributed by atoms with Crippen LogP contribution in [-0.2, 0) is 23.0 Å². The molecule has 0 saturated carbocycles. The lowest BCUT2D eigenvalue weighted by Crippen LogP contribution is -2.23. The summed E-state index contributed by atoms with van der Waals surface area (Å²) in [5.74, 6) is 0. The number of nitrogens with one attached hydrogen (secondary N) is 2. The van der Waals surface area contributed by atoms with Gasteiger partial charge in [0.25, 0.3) is 0 Å². The van der Waals surface area contributed by atoms with Crippen molar-refractivity contribution in [1.82, 2.24) is 9.88 Å². The van der Waals surface area contributed by atoms with Crippen LogP contribution in [0.2, 0.25) is 0 Å². The largest absolute Gasteiger partial charge is 0.384 e. The first kappa shape index (κ1) is 12.2. The molecule has 0 radical (unpaired) electrons. The van der Waals surface area contributed by atoms with Crippen LogP contribution in [-0.4, -0.2) is 20.1 Å². The zero-order valence-electron chi connectivity index (χ0n) is 10.1. The van der Waals surface area contributed by atoms with Gasteiger partial charge in [0.15, 0.2) is 0 Å². The van der Waals surface area contributed by atoms with Gasteiger partial charge >= 0.3 is 0 Å². The topological polar surface area (TPSA) is 84.2 Å². The minimum absolute atomic E-state index is 0.119. The molecule has 1 aromatic heterocycles. The number of nitrogens with zero attached hydrogens (tertiary/aromatic N) is 1. The van der Waals surface area contributed by atoms with Gasteiger partial charge in [-0.05, 0) is 30.2 Å². The normalized spacial score (nSPS) is 14.1. The fraction of sp³-hybridized carbons (Fsp3) is 0.250. The van der Waals surface area contributed by atoms with Crippen LogP contribution in [0, 0.1) is 0 Å². The summed E-state index contributed by atoms with van der Waals surface area (Å²) >= 11 is 0. The first-order valence-electron chi connectivity index (χ1n) is 5.91. The van der Waals surface area contributed by atoms with Gasteiger partial charge in [0.05, 0.1) is 17.1 Å². The third-order valence-corrected chi connectivity index (χ3v) is 4.43. The monoisotopic (exact) mass is 279 g/mol. The number of anilines is 1. The standard InChI is InChI=1S/C12H13N3O3S/c16-19(17,14-8-10-4-6-18-15-10)11-1-2-12-9(7-11)3-5-13-12/h1-2,4,6-7,13-14H,3,5,8H2. The van der Waals surface area contributed by atoms with E-state index in [1.807, 2.05) is 0 Å². The van der Waals surface area contributed by atoms with Crippen LogP contribution >= 0.6 is 0 Å². The summed E-state index contributed by atoms with van der Waals surface area (Å²) in [6, 6.07) is 6.73. The van der Waals surface area contributed by atoms with Gasteiger partial charge in [0.1, 0.15) is 6.26 Å². The van der Waals surface area contributed by atoms with E-state index in [0.717, 1.165) is 24.2 Å². The second-order valence-corrected chi connectivity index (χ2v) is 6.08. The highest BCUT2D eigenvalue weighted by molar-refractivity contribution is 7.89. The molecule has 100 valence electrons. The van der Waals surface area contributed by atoms with E-state index in [1.54, 1.807) is 24.3 Å². The van der Waals surface area contributed by atoms with Crippen LogP contribution in [0.4, 0.5) is 5.69 Å². The molecule has 0 saturated heterocycles. The fourth-order valence-electron chi connectivity index (χ4n) is 2.03. The Kier molecular flexibility index (Phi) is 3.00. The summed E-state index contributed by atoms with van der Waals surface area (Å²) in [4.78, 5) is 0.276. The number of fused-ring (bicyclic) bond motifs is 1. The Balaban J connectivity index is 1.80. The second kappa shape index (κ2) is 4.67. The van der Waals surface area contributed by atoms with E-state index in [-0.39, 0.29) is 11.4 Å². The van der Waals surface area contributed by atoms with Gasteiger partial charge in [0.2, 0.25) is 10.0 Å². The molecule has 1 aliphatic heterocycles. The Morgan fingerprint density at radius 3 is 3.05 bits per heavy atom. The summed E-state index contributed by atoms with van der Waals surface area (Å²) in [6.07, 6.45) is 2.26. The van der Waals surface area contributed by atoms with Gasteiger partial charge < -0.3 is 9.84 Å². The molecular formula is C12H13N3O3S. The van der Waals surface area contributed by atoms with Crippen LogP contribution in [0.15, 0.2) is 39.9 Å². The number of rotatable bonds is 4. The zero-order chi connectivity index (χ0) is 13.3. The van der Waals surface area contributed by atoms with Gasteiger partial charge in [0, 0.05) is 18.3 Å². The molecule has 1 aromatic carbocycles. The van der Waals surface area contributed by atoms with Crippen LogP contribution in [0.5, 0.6) is 0 Å². The molecule has 2 heterocycles. The summed E-state index contributed by atoms with van der Waals surface area (Å²) in [5, 5.41) is 6.85. The van der Waals surface area contributed by atoms with Crippen molar-refractivity contribution in [2.45, 2.75) is 17.9 Å². The number of aromatic nitrogens is 1. The second-order valence-electron chi connectivity index (χ2n) is 4.31. The maximum Gasteiger partial charge on any atom is 0.240 e. The highest BCUT2D eigenvalue weighted by atomic mass is 32.2. The molecule has 19 heavy (non-hydrogen) atoms.